The minimum absolute atomic E-state index is 0.166. The van der Waals surface area contributed by atoms with Crippen LogP contribution in [-0.2, 0) is 11.2 Å². The van der Waals surface area contributed by atoms with Gasteiger partial charge >= 0.3 is 0 Å². The van der Waals surface area contributed by atoms with Crippen molar-refractivity contribution < 1.29 is 9.53 Å². The van der Waals surface area contributed by atoms with Crippen molar-refractivity contribution in [2.24, 2.45) is 5.92 Å². The molecule has 0 aromatic heterocycles. The summed E-state index contributed by atoms with van der Waals surface area (Å²) >= 11 is 6.01. The lowest BCUT2D eigenvalue weighted by Gasteiger charge is -2.22. The molecule has 3 nitrogen and oxygen atoms in total. The molecule has 0 radical (unpaired) electrons. The number of benzene rings is 1. The third-order valence-corrected chi connectivity index (χ3v) is 3.84. The lowest BCUT2D eigenvalue weighted by Crippen LogP contribution is -2.34. The zero-order chi connectivity index (χ0) is 14.5. The SMILES string of the molecule is CCCN(CC1CC1)C(=O)Cc1cc(Cl)ccc1OC. The summed E-state index contributed by atoms with van der Waals surface area (Å²) in [7, 11) is 1.62. The molecular formula is C16H22ClNO2. The second-order valence-corrected chi connectivity index (χ2v) is 5.85. The number of rotatable bonds is 7. The van der Waals surface area contributed by atoms with E-state index in [0.29, 0.717) is 17.4 Å². The highest BCUT2D eigenvalue weighted by Crippen LogP contribution is 2.30. The second-order valence-electron chi connectivity index (χ2n) is 5.42. The summed E-state index contributed by atoms with van der Waals surface area (Å²) in [6, 6.07) is 5.41. The van der Waals surface area contributed by atoms with Crippen LogP contribution in [0.4, 0.5) is 0 Å². The van der Waals surface area contributed by atoms with Crippen LogP contribution in [0.5, 0.6) is 5.75 Å². The Labute approximate surface area is 125 Å². The van der Waals surface area contributed by atoms with Crippen molar-refractivity contribution in [2.45, 2.75) is 32.6 Å². The fraction of sp³-hybridized carbons (Fsp3) is 0.562. The monoisotopic (exact) mass is 295 g/mol. The zero-order valence-electron chi connectivity index (χ0n) is 12.2. The van der Waals surface area contributed by atoms with Gasteiger partial charge in [0.25, 0.3) is 0 Å². The quantitative estimate of drug-likeness (QED) is 0.770. The first-order valence-electron chi connectivity index (χ1n) is 7.24. The highest BCUT2D eigenvalue weighted by molar-refractivity contribution is 6.30. The van der Waals surface area contributed by atoms with Crippen molar-refractivity contribution in [1.29, 1.82) is 0 Å². The fourth-order valence-electron chi connectivity index (χ4n) is 2.36. The topological polar surface area (TPSA) is 29.5 Å². The van der Waals surface area contributed by atoms with Gasteiger partial charge in [-0.05, 0) is 43.4 Å². The van der Waals surface area contributed by atoms with Gasteiger partial charge in [-0.1, -0.05) is 18.5 Å². The Balaban J connectivity index is 2.06. The van der Waals surface area contributed by atoms with Crippen LogP contribution in [0.1, 0.15) is 31.7 Å². The molecule has 1 aliphatic rings. The first kappa shape index (κ1) is 15.2. The van der Waals surface area contributed by atoms with Crippen molar-refractivity contribution in [3.05, 3.63) is 28.8 Å². The third-order valence-electron chi connectivity index (χ3n) is 3.61. The minimum atomic E-state index is 0.166. The number of carbonyl (C=O) groups excluding carboxylic acids is 1. The van der Waals surface area contributed by atoms with Gasteiger partial charge in [0, 0.05) is 23.7 Å². The number of hydrogen-bond acceptors (Lipinski definition) is 2. The van der Waals surface area contributed by atoms with Gasteiger partial charge in [0.05, 0.1) is 13.5 Å². The van der Waals surface area contributed by atoms with E-state index >= 15 is 0 Å². The maximum Gasteiger partial charge on any atom is 0.227 e. The molecule has 1 aliphatic carbocycles. The van der Waals surface area contributed by atoms with Crippen LogP contribution in [0.3, 0.4) is 0 Å². The van der Waals surface area contributed by atoms with Crippen LogP contribution in [0.2, 0.25) is 5.02 Å². The molecule has 1 amide bonds. The molecule has 1 saturated carbocycles. The van der Waals surface area contributed by atoms with Crippen molar-refractivity contribution in [2.75, 3.05) is 20.2 Å². The highest BCUT2D eigenvalue weighted by atomic mass is 35.5. The van der Waals surface area contributed by atoms with Gasteiger partial charge in [0.1, 0.15) is 5.75 Å². The molecule has 20 heavy (non-hydrogen) atoms. The molecule has 1 aromatic rings. The normalized spacial score (nSPS) is 14.2. The summed E-state index contributed by atoms with van der Waals surface area (Å²) in [5, 5.41) is 0.637. The van der Waals surface area contributed by atoms with Crippen molar-refractivity contribution in [3.8, 4) is 5.75 Å². The summed E-state index contributed by atoms with van der Waals surface area (Å²) in [4.78, 5) is 14.5. The van der Waals surface area contributed by atoms with Gasteiger partial charge in [-0.2, -0.15) is 0 Å². The van der Waals surface area contributed by atoms with E-state index < -0.39 is 0 Å². The number of nitrogens with zero attached hydrogens (tertiary/aromatic N) is 1. The predicted octanol–water partition coefficient (Wildman–Crippen LogP) is 3.54. The lowest BCUT2D eigenvalue weighted by molar-refractivity contribution is -0.130. The second kappa shape index (κ2) is 6.98. The smallest absolute Gasteiger partial charge is 0.227 e. The standard InChI is InChI=1S/C16H22ClNO2/c1-3-8-18(11-12-4-5-12)16(19)10-13-9-14(17)6-7-15(13)20-2/h6-7,9,12H,3-5,8,10-11H2,1-2H3. The average molecular weight is 296 g/mol. The molecule has 0 bridgehead atoms. The van der Waals surface area contributed by atoms with Crippen LogP contribution in [0.25, 0.3) is 0 Å². The number of halogens is 1. The van der Waals surface area contributed by atoms with E-state index in [1.54, 1.807) is 13.2 Å². The molecule has 4 heteroatoms. The molecule has 1 aromatic carbocycles. The Morgan fingerprint density at radius 1 is 1.45 bits per heavy atom. The largest absolute Gasteiger partial charge is 0.496 e. The van der Waals surface area contributed by atoms with E-state index in [4.69, 9.17) is 16.3 Å². The Morgan fingerprint density at radius 3 is 2.80 bits per heavy atom. The molecule has 1 fully saturated rings. The van der Waals surface area contributed by atoms with Gasteiger partial charge in [0.2, 0.25) is 5.91 Å². The first-order valence-corrected chi connectivity index (χ1v) is 7.62. The molecule has 0 unspecified atom stereocenters. The molecule has 0 spiro atoms. The van der Waals surface area contributed by atoms with Crippen LogP contribution in [0.15, 0.2) is 18.2 Å². The van der Waals surface area contributed by atoms with E-state index in [2.05, 4.69) is 6.92 Å². The van der Waals surface area contributed by atoms with E-state index in [0.717, 1.165) is 30.8 Å². The predicted molar refractivity (Wildman–Crippen MR) is 81.3 cm³/mol. The number of methoxy groups -OCH3 is 1. The molecule has 0 aliphatic heterocycles. The third kappa shape index (κ3) is 4.14. The summed E-state index contributed by atoms with van der Waals surface area (Å²) in [6.07, 6.45) is 3.86. The number of amides is 1. The Hall–Kier alpha value is -1.22. The summed E-state index contributed by atoms with van der Waals surface area (Å²) in [5.74, 6) is 1.61. The van der Waals surface area contributed by atoms with E-state index in [1.807, 2.05) is 17.0 Å². The Bertz CT molecular complexity index is 472. The van der Waals surface area contributed by atoms with Gasteiger partial charge in [-0.15, -0.1) is 0 Å². The molecular weight excluding hydrogens is 274 g/mol. The van der Waals surface area contributed by atoms with Crippen LogP contribution >= 0.6 is 11.6 Å². The summed E-state index contributed by atoms with van der Waals surface area (Å²) < 4.78 is 5.30. The van der Waals surface area contributed by atoms with Crippen LogP contribution in [0, 0.1) is 5.92 Å². The van der Waals surface area contributed by atoms with Crippen molar-refractivity contribution in [3.63, 3.8) is 0 Å². The van der Waals surface area contributed by atoms with Gasteiger partial charge in [0.15, 0.2) is 0 Å². The molecule has 2 rings (SSSR count). The summed E-state index contributed by atoms with van der Waals surface area (Å²) in [5.41, 5.74) is 0.863. The Morgan fingerprint density at radius 2 is 2.20 bits per heavy atom. The molecule has 0 N–H and O–H groups in total. The van der Waals surface area contributed by atoms with Crippen molar-refractivity contribution >= 4 is 17.5 Å². The molecule has 0 saturated heterocycles. The van der Waals surface area contributed by atoms with Crippen molar-refractivity contribution in [1.82, 2.24) is 4.90 Å². The zero-order valence-corrected chi connectivity index (χ0v) is 12.9. The van der Waals surface area contributed by atoms with Gasteiger partial charge in [-0.25, -0.2) is 0 Å². The average Bonchev–Trinajstić information content (AvgIpc) is 3.22. The Kier molecular flexibility index (Phi) is 5.30. The van der Waals surface area contributed by atoms with E-state index in [9.17, 15) is 4.79 Å². The number of carbonyl (C=O) groups is 1. The fourth-order valence-corrected chi connectivity index (χ4v) is 2.55. The lowest BCUT2D eigenvalue weighted by atomic mass is 10.1. The number of ether oxygens (including phenoxy) is 1. The summed E-state index contributed by atoms with van der Waals surface area (Å²) in [6.45, 7) is 3.83. The maximum atomic E-state index is 12.5. The molecule has 110 valence electrons. The molecule has 0 atom stereocenters. The highest BCUT2D eigenvalue weighted by Gasteiger charge is 2.26. The number of hydrogen-bond donors (Lipinski definition) is 0. The van der Waals surface area contributed by atoms with Gasteiger partial charge in [-0.3, -0.25) is 4.79 Å². The van der Waals surface area contributed by atoms with Crippen LogP contribution in [-0.4, -0.2) is 31.0 Å². The maximum absolute atomic E-state index is 12.5. The minimum Gasteiger partial charge on any atom is -0.496 e. The van der Waals surface area contributed by atoms with E-state index in [1.165, 1.54) is 12.8 Å². The van der Waals surface area contributed by atoms with E-state index in [-0.39, 0.29) is 5.91 Å². The van der Waals surface area contributed by atoms with Crippen LogP contribution < -0.4 is 4.74 Å². The first-order chi connectivity index (χ1) is 9.63. The van der Waals surface area contributed by atoms with Gasteiger partial charge < -0.3 is 9.64 Å². The molecule has 0 heterocycles.